The number of aromatic hydroxyl groups is 1. The number of guanidine groups is 1. The average Bonchev–Trinajstić information content (AvgIpc) is 3.77. The molecule has 364 valence electrons. The van der Waals surface area contributed by atoms with Crippen molar-refractivity contribution in [3.05, 3.63) is 48.0 Å². The topological polar surface area (TPSA) is 408 Å². The maximum Gasteiger partial charge on any atom is 0.240 e. The number of phenolic OH excluding ortho intramolecular Hbond substituents is 1. The Hall–Kier alpha value is -6.75. The Labute approximate surface area is 382 Å². The quantitative estimate of drug-likeness (QED) is 0.0210. The number of benzene rings is 1. The number of nitrogens with two attached hydrogens (primary N) is 4. The van der Waals surface area contributed by atoms with E-state index in [2.05, 4.69) is 36.2 Å². The molecule has 6 amide bonds. The molecule has 0 saturated carbocycles. The number of H-pyrrole nitrogens is 1. The van der Waals surface area contributed by atoms with Crippen molar-refractivity contribution in [3.8, 4) is 5.75 Å². The highest BCUT2D eigenvalue weighted by Crippen LogP contribution is 2.23. The Morgan fingerprint density at radius 2 is 1.32 bits per heavy atom. The molecule has 0 saturated heterocycles. The minimum absolute atomic E-state index is 0.00452. The molecule has 9 atom stereocenters. The minimum atomic E-state index is -1.51. The fraction of sp³-hybridized carbons (Fsp3) is 0.558. The molecule has 0 fully saturated rings. The maximum atomic E-state index is 14.3. The number of aliphatic hydroxyl groups excluding tert-OH is 2. The normalized spacial score (nSPS) is 15.2. The third-order valence-electron chi connectivity index (χ3n) is 11.0. The van der Waals surface area contributed by atoms with Crippen LogP contribution in [0, 0.1) is 23.7 Å². The van der Waals surface area contributed by atoms with Gasteiger partial charge in [0.05, 0.1) is 43.0 Å². The molecule has 23 nitrogen and oxygen atoms in total. The van der Waals surface area contributed by atoms with Gasteiger partial charge in [-0.15, -0.1) is 0 Å². The fourth-order valence-corrected chi connectivity index (χ4v) is 7.01. The van der Waals surface area contributed by atoms with Crippen LogP contribution in [-0.4, -0.2) is 127 Å². The first-order valence-corrected chi connectivity index (χ1v) is 21.5. The molecule has 1 aromatic carbocycles. The van der Waals surface area contributed by atoms with Gasteiger partial charge in [-0.25, -0.2) is 4.98 Å². The number of ketones is 3. The number of carbonyl (C=O) groups excluding carboxylic acids is 9. The van der Waals surface area contributed by atoms with Gasteiger partial charge in [0.25, 0.3) is 0 Å². The summed E-state index contributed by atoms with van der Waals surface area (Å²) in [6.45, 7) is 5.09. The Morgan fingerprint density at radius 3 is 1.85 bits per heavy atom. The lowest BCUT2D eigenvalue weighted by molar-refractivity contribution is -0.138. The Kier molecular flexibility index (Phi) is 23.1. The first-order valence-electron chi connectivity index (χ1n) is 21.5. The lowest BCUT2D eigenvalue weighted by atomic mass is 9.84. The molecule has 0 radical (unpaired) electrons. The third kappa shape index (κ3) is 19.2. The van der Waals surface area contributed by atoms with Crippen molar-refractivity contribution in [2.75, 3.05) is 13.2 Å². The van der Waals surface area contributed by atoms with E-state index in [0.717, 1.165) is 6.92 Å². The van der Waals surface area contributed by atoms with Crippen LogP contribution in [0.15, 0.2) is 41.8 Å². The van der Waals surface area contributed by atoms with E-state index in [4.69, 9.17) is 22.9 Å². The zero-order valence-corrected chi connectivity index (χ0v) is 37.7. The van der Waals surface area contributed by atoms with Crippen LogP contribution in [-0.2, 0) is 56.0 Å². The van der Waals surface area contributed by atoms with Gasteiger partial charge in [0.15, 0.2) is 23.3 Å². The number of nitrogens with zero attached hydrogens (tertiary/aromatic N) is 2. The second-order valence-corrected chi connectivity index (χ2v) is 16.3. The molecule has 0 bridgehead atoms. The summed E-state index contributed by atoms with van der Waals surface area (Å²) in [7, 11) is 0. The van der Waals surface area contributed by atoms with Gasteiger partial charge in [0.1, 0.15) is 17.8 Å². The first-order chi connectivity index (χ1) is 31.1. The number of amides is 6. The lowest BCUT2D eigenvalue weighted by Gasteiger charge is -2.27. The molecular weight excluding hydrogens is 863 g/mol. The van der Waals surface area contributed by atoms with Gasteiger partial charge in [0, 0.05) is 63.4 Å². The standard InChI is InChI=1S/C43H65N11O12/c1-5-22(2)29(41(65)54-33(39(45)63)16-27-19-48-21-50-27)17-36(60)32(13-25-8-10-28(58)11-9-25)53-40(64)26(15-38(44)62)14-35(59)31(7-6-12-49-43(46)47)52-42(66)30(23(3)56)18-37(61)34(20-55)51-24(4)57/h8-11,19,21-23,26,29-34,55-56,58H,5-7,12-18,20H2,1-4H3,(H2,44,62)(H2,45,63)(H,48,50)(H,51,57)(H,52,66)(H,53,64)(H,54,65)(H4,46,47,49)/t22-,23+,26-,29-,30-,31-,32-,33-,34-/m0/s1. The first kappa shape index (κ1) is 55.4. The number of carbonyl (C=O) groups is 9. The molecule has 2 aromatic rings. The molecular formula is C43H65N11O12. The number of phenols is 1. The van der Waals surface area contributed by atoms with Crippen LogP contribution in [0.3, 0.4) is 0 Å². The SMILES string of the molecule is CC[C@H](C)[C@H](CC(=O)[C@H](Cc1ccc(O)cc1)NC(=O)[C@H](CC(N)=O)CC(=O)[C@H](CCCN=C(N)N)NC(=O)[C@@H](CC(=O)[C@H](CO)NC(C)=O)[C@@H](C)O)C(=O)N[C@@H](Cc1cnc[nH]1)C(N)=O. The van der Waals surface area contributed by atoms with Gasteiger partial charge in [-0.1, -0.05) is 32.4 Å². The summed E-state index contributed by atoms with van der Waals surface area (Å²) in [6.07, 6.45) is -0.846. The molecule has 16 N–H and O–H groups in total. The number of nitrogens with one attached hydrogen (secondary N) is 5. The highest BCUT2D eigenvalue weighted by atomic mass is 16.3. The smallest absolute Gasteiger partial charge is 0.240 e. The number of imidazole rings is 1. The third-order valence-corrected chi connectivity index (χ3v) is 11.0. The van der Waals surface area contributed by atoms with Gasteiger partial charge in [0.2, 0.25) is 35.4 Å². The van der Waals surface area contributed by atoms with E-state index in [1.165, 1.54) is 43.7 Å². The summed E-state index contributed by atoms with van der Waals surface area (Å²) >= 11 is 0. The molecule has 0 aliphatic rings. The van der Waals surface area contributed by atoms with Gasteiger partial charge >= 0.3 is 0 Å². The number of Topliss-reactive ketones (excluding diaryl/α,β-unsaturated/α-hetero) is 3. The molecule has 1 heterocycles. The summed E-state index contributed by atoms with van der Waals surface area (Å²) in [4.78, 5) is 130. The van der Waals surface area contributed by atoms with Crippen LogP contribution in [0.2, 0.25) is 0 Å². The highest BCUT2D eigenvalue weighted by molar-refractivity contribution is 5.98. The van der Waals surface area contributed by atoms with E-state index >= 15 is 0 Å². The van der Waals surface area contributed by atoms with Crippen LogP contribution in [0.4, 0.5) is 0 Å². The van der Waals surface area contributed by atoms with Gasteiger partial charge in [-0.05, 0) is 49.8 Å². The van der Waals surface area contributed by atoms with Gasteiger partial charge in [-0.3, -0.25) is 48.1 Å². The van der Waals surface area contributed by atoms with Crippen molar-refractivity contribution in [1.29, 1.82) is 0 Å². The predicted octanol–water partition coefficient (Wildman–Crippen LogP) is -2.58. The summed E-state index contributed by atoms with van der Waals surface area (Å²) < 4.78 is 0. The number of rotatable bonds is 31. The van der Waals surface area contributed by atoms with E-state index in [9.17, 15) is 58.5 Å². The second-order valence-electron chi connectivity index (χ2n) is 16.3. The second kappa shape index (κ2) is 27.5. The van der Waals surface area contributed by atoms with Crippen LogP contribution >= 0.6 is 0 Å². The summed E-state index contributed by atoms with van der Waals surface area (Å²) in [6, 6.07) is 0.418. The van der Waals surface area contributed by atoms with E-state index in [0.29, 0.717) is 17.7 Å². The van der Waals surface area contributed by atoms with Crippen LogP contribution in [0.1, 0.15) is 83.9 Å². The number of aliphatic hydroxyl groups is 2. The Morgan fingerprint density at radius 1 is 0.742 bits per heavy atom. The number of hydrogen-bond acceptors (Lipinski definition) is 14. The van der Waals surface area contributed by atoms with E-state index < -0.39 is 139 Å². The number of aliphatic imine (C=N–C) groups is 1. The van der Waals surface area contributed by atoms with Crippen molar-refractivity contribution >= 4 is 58.8 Å². The average molecular weight is 928 g/mol. The van der Waals surface area contributed by atoms with Crippen molar-refractivity contribution in [2.45, 2.75) is 116 Å². The zero-order chi connectivity index (χ0) is 49.7. The molecule has 0 aliphatic carbocycles. The van der Waals surface area contributed by atoms with E-state index in [1.807, 2.05) is 0 Å². The largest absolute Gasteiger partial charge is 0.508 e. The number of aromatic amines is 1. The summed E-state index contributed by atoms with van der Waals surface area (Å²) in [5.41, 5.74) is 23.0. The van der Waals surface area contributed by atoms with Crippen molar-refractivity contribution in [3.63, 3.8) is 0 Å². The minimum Gasteiger partial charge on any atom is -0.508 e. The highest BCUT2D eigenvalue weighted by Gasteiger charge is 2.37. The van der Waals surface area contributed by atoms with Gasteiger partial charge < -0.3 is 64.5 Å². The number of hydrogen-bond donors (Lipinski definition) is 12. The van der Waals surface area contributed by atoms with Crippen molar-refractivity contribution in [2.24, 2.45) is 51.6 Å². The number of primary amides is 2. The molecule has 0 spiro atoms. The lowest BCUT2D eigenvalue weighted by Crippen LogP contribution is -2.51. The zero-order valence-electron chi connectivity index (χ0n) is 37.7. The van der Waals surface area contributed by atoms with Crippen molar-refractivity contribution in [1.82, 2.24) is 31.2 Å². The van der Waals surface area contributed by atoms with E-state index in [-0.39, 0.29) is 43.9 Å². The number of aromatic nitrogens is 2. The monoisotopic (exact) mass is 927 g/mol. The van der Waals surface area contributed by atoms with Crippen molar-refractivity contribution < 1.29 is 58.5 Å². The van der Waals surface area contributed by atoms with Gasteiger partial charge in [-0.2, -0.15) is 0 Å². The predicted molar refractivity (Wildman–Crippen MR) is 238 cm³/mol. The molecule has 0 unspecified atom stereocenters. The molecule has 23 heteroatoms. The summed E-state index contributed by atoms with van der Waals surface area (Å²) in [5, 5.41) is 40.1. The van der Waals surface area contributed by atoms with Crippen LogP contribution in [0.5, 0.6) is 5.75 Å². The molecule has 1 aromatic heterocycles. The molecule has 66 heavy (non-hydrogen) atoms. The molecule has 2 rings (SSSR count). The van der Waals surface area contributed by atoms with Crippen LogP contribution < -0.4 is 44.2 Å². The maximum absolute atomic E-state index is 14.3. The van der Waals surface area contributed by atoms with E-state index in [1.54, 1.807) is 13.8 Å². The molecule has 0 aliphatic heterocycles. The fourth-order valence-electron chi connectivity index (χ4n) is 7.01. The summed E-state index contributed by atoms with van der Waals surface area (Å²) in [5.74, 6) is -12.0. The Bertz CT molecular complexity index is 2010. The van der Waals surface area contributed by atoms with Crippen LogP contribution in [0.25, 0.3) is 0 Å². The Balaban J connectivity index is 2.47.